The van der Waals surface area contributed by atoms with Gasteiger partial charge in [0.25, 0.3) is 5.91 Å². The number of ether oxygens (including phenoxy) is 1. The van der Waals surface area contributed by atoms with Crippen molar-refractivity contribution in [1.29, 1.82) is 0 Å². The molecule has 0 unspecified atom stereocenters. The van der Waals surface area contributed by atoms with E-state index in [1.165, 1.54) is 4.88 Å². The summed E-state index contributed by atoms with van der Waals surface area (Å²) in [5, 5.41) is 2.01. The van der Waals surface area contributed by atoms with Crippen LogP contribution in [0.5, 0.6) is 5.75 Å². The van der Waals surface area contributed by atoms with Crippen molar-refractivity contribution in [3.63, 3.8) is 0 Å². The fourth-order valence-electron chi connectivity index (χ4n) is 1.54. The lowest BCUT2D eigenvalue weighted by Crippen LogP contribution is -2.30. The summed E-state index contributed by atoms with van der Waals surface area (Å²) >= 11 is 3.87. The van der Waals surface area contributed by atoms with Gasteiger partial charge in [-0.05, 0) is 52.2 Å². The highest BCUT2D eigenvalue weighted by Crippen LogP contribution is 2.15. The molecule has 0 spiro atoms. The molecule has 0 atom stereocenters. The van der Waals surface area contributed by atoms with Crippen molar-refractivity contribution in [2.75, 3.05) is 13.7 Å². The van der Waals surface area contributed by atoms with Crippen LogP contribution in [0.15, 0.2) is 41.8 Å². The minimum Gasteiger partial charge on any atom is -0.484 e. The second-order valence-corrected chi connectivity index (χ2v) is 6.35. The van der Waals surface area contributed by atoms with Crippen molar-refractivity contribution in [3.8, 4) is 5.75 Å². The molecule has 2 aromatic rings. The number of nitrogens with zero attached hydrogens (tertiary/aromatic N) is 1. The Kier molecular flexibility index (Phi) is 5.21. The Bertz CT molecular complexity index is 542. The van der Waals surface area contributed by atoms with Gasteiger partial charge in [-0.15, -0.1) is 11.3 Å². The number of thiophene rings is 1. The smallest absolute Gasteiger partial charge is 0.260 e. The molecular formula is C14H14INO2S. The van der Waals surface area contributed by atoms with E-state index in [9.17, 15) is 4.79 Å². The second kappa shape index (κ2) is 6.91. The first-order valence-electron chi connectivity index (χ1n) is 5.80. The minimum atomic E-state index is -0.0211. The zero-order valence-electron chi connectivity index (χ0n) is 10.5. The number of benzene rings is 1. The average molecular weight is 387 g/mol. The van der Waals surface area contributed by atoms with Crippen LogP contribution >= 0.6 is 33.9 Å². The molecule has 0 aliphatic rings. The largest absolute Gasteiger partial charge is 0.484 e. The third-order valence-electron chi connectivity index (χ3n) is 2.56. The Hall–Kier alpha value is -1.08. The van der Waals surface area contributed by atoms with Gasteiger partial charge in [0.1, 0.15) is 5.75 Å². The molecular weight excluding hydrogens is 373 g/mol. The molecule has 19 heavy (non-hydrogen) atoms. The molecule has 1 heterocycles. The van der Waals surface area contributed by atoms with Gasteiger partial charge in [0, 0.05) is 15.5 Å². The van der Waals surface area contributed by atoms with E-state index in [1.807, 2.05) is 41.8 Å². The van der Waals surface area contributed by atoms with Gasteiger partial charge in [0.05, 0.1) is 6.54 Å². The number of amides is 1. The molecule has 3 nitrogen and oxygen atoms in total. The summed E-state index contributed by atoms with van der Waals surface area (Å²) in [4.78, 5) is 14.8. The van der Waals surface area contributed by atoms with Crippen molar-refractivity contribution >= 4 is 39.8 Å². The summed E-state index contributed by atoms with van der Waals surface area (Å²) in [6.45, 7) is 0.703. The summed E-state index contributed by atoms with van der Waals surface area (Å²) in [6, 6.07) is 11.7. The van der Waals surface area contributed by atoms with Crippen molar-refractivity contribution in [2.24, 2.45) is 0 Å². The molecule has 0 saturated heterocycles. The fraction of sp³-hybridized carbons (Fsp3) is 0.214. The van der Waals surface area contributed by atoms with E-state index in [2.05, 4.69) is 22.6 Å². The maximum absolute atomic E-state index is 11.9. The van der Waals surface area contributed by atoms with Crippen molar-refractivity contribution < 1.29 is 9.53 Å². The molecule has 0 aliphatic carbocycles. The second-order valence-electron chi connectivity index (χ2n) is 4.08. The highest BCUT2D eigenvalue weighted by molar-refractivity contribution is 14.1. The van der Waals surface area contributed by atoms with Crippen LogP contribution in [0.1, 0.15) is 4.88 Å². The van der Waals surface area contributed by atoms with Gasteiger partial charge in [0.2, 0.25) is 0 Å². The Morgan fingerprint density at radius 3 is 2.89 bits per heavy atom. The first kappa shape index (κ1) is 14.3. The predicted octanol–water partition coefficient (Wildman–Crippen LogP) is 3.39. The average Bonchev–Trinajstić information content (AvgIpc) is 2.89. The highest BCUT2D eigenvalue weighted by Gasteiger charge is 2.10. The first-order valence-corrected chi connectivity index (χ1v) is 7.75. The molecule has 0 fully saturated rings. The van der Waals surface area contributed by atoms with Crippen molar-refractivity contribution in [1.82, 2.24) is 4.90 Å². The van der Waals surface area contributed by atoms with Gasteiger partial charge in [-0.2, -0.15) is 0 Å². The third kappa shape index (κ3) is 4.50. The quantitative estimate of drug-likeness (QED) is 0.737. The molecule has 0 radical (unpaired) electrons. The summed E-state index contributed by atoms with van der Waals surface area (Å²) in [7, 11) is 1.79. The van der Waals surface area contributed by atoms with E-state index < -0.39 is 0 Å². The van der Waals surface area contributed by atoms with Crippen LogP contribution in [0.3, 0.4) is 0 Å². The van der Waals surface area contributed by atoms with Crippen molar-refractivity contribution in [3.05, 3.63) is 50.2 Å². The van der Waals surface area contributed by atoms with E-state index in [-0.39, 0.29) is 12.5 Å². The molecule has 1 amide bonds. The Balaban J connectivity index is 1.84. The van der Waals surface area contributed by atoms with Crippen LogP contribution in [-0.2, 0) is 11.3 Å². The Morgan fingerprint density at radius 1 is 1.37 bits per heavy atom. The van der Waals surface area contributed by atoms with Crippen LogP contribution in [0.25, 0.3) is 0 Å². The summed E-state index contributed by atoms with van der Waals surface area (Å²) in [5.41, 5.74) is 0. The maximum atomic E-state index is 11.9. The summed E-state index contributed by atoms with van der Waals surface area (Å²) in [6.07, 6.45) is 0. The molecule has 5 heteroatoms. The number of hydrogen-bond acceptors (Lipinski definition) is 3. The zero-order chi connectivity index (χ0) is 13.7. The lowest BCUT2D eigenvalue weighted by atomic mass is 10.3. The zero-order valence-corrected chi connectivity index (χ0v) is 13.5. The number of carbonyl (C=O) groups is 1. The lowest BCUT2D eigenvalue weighted by Gasteiger charge is -2.16. The highest BCUT2D eigenvalue weighted by atomic mass is 127. The predicted molar refractivity (Wildman–Crippen MR) is 85.4 cm³/mol. The molecule has 100 valence electrons. The van der Waals surface area contributed by atoms with Gasteiger partial charge in [-0.25, -0.2) is 0 Å². The molecule has 2 rings (SSSR count). The van der Waals surface area contributed by atoms with Crippen LogP contribution in [-0.4, -0.2) is 24.5 Å². The van der Waals surface area contributed by atoms with E-state index in [0.29, 0.717) is 6.54 Å². The molecule has 1 aromatic carbocycles. The van der Waals surface area contributed by atoms with E-state index >= 15 is 0 Å². The van der Waals surface area contributed by atoms with Crippen LogP contribution in [0.4, 0.5) is 0 Å². The topological polar surface area (TPSA) is 29.5 Å². The number of hydrogen-bond donors (Lipinski definition) is 0. The number of likely N-dealkylation sites (N-methyl/N-ethyl adjacent to an activating group) is 1. The van der Waals surface area contributed by atoms with Gasteiger partial charge >= 0.3 is 0 Å². The molecule has 0 saturated carbocycles. The minimum absolute atomic E-state index is 0.0211. The summed E-state index contributed by atoms with van der Waals surface area (Å²) in [5.74, 6) is 0.706. The standard InChI is InChI=1S/C14H14INO2S/c1-16(9-13-6-3-7-19-13)14(17)10-18-12-5-2-4-11(15)8-12/h2-8H,9-10H2,1H3. The van der Waals surface area contributed by atoms with Gasteiger partial charge in [0.15, 0.2) is 6.61 Å². The van der Waals surface area contributed by atoms with Crippen LogP contribution < -0.4 is 4.74 Å². The lowest BCUT2D eigenvalue weighted by molar-refractivity contribution is -0.132. The van der Waals surface area contributed by atoms with Crippen LogP contribution in [0, 0.1) is 3.57 Å². The van der Waals surface area contributed by atoms with Gasteiger partial charge < -0.3 is 9.64 Å². The SMILES string of the molecule is CN(Cc1cccs1)C(=O)COc1cccc(I)c1. The van der Waals surface area contributed by atoms with Crippen LogP contribution in [0.2, 0.25) is 0 Å². The fourth-order valence-corrected chi connectivity index (χ4v) is 2.81. The monoisotopic (exact) mass is 387 g/mol. The number of carbonyl (C=O) groups excluding carboxylic acids is 1. The maximum Gasteiger partial charge on any atom is 0.260 e. The Morgan fingerprint density at radius 2 is 2.21 bits per heavy atom. The summed E-state index contributed by atoms with van der Waals surface area (Å²) < 4.78 is 6.59. The van der Waals surface area contributed by atoms with Gasteiger partial charge in [-0.1, -0.05) is 12.1 Å². The van der Waals surface area contributed by atoms with E-state index in [4.69, 9.17) is 4.74 Å². The normalized spacial score (nSPS) is 10.2. The van der Waals surface area contributed by atoms with E-state index in [0.717, 1.165) is 9.32 Å². The van der Waals surface area contributed by atoms with E-state index in [1.54, 1.807) is 23.3 Å². The number of rotatable bonds is 5. The Labute approximate surface area is 130 Å². The number of halogens is 1. The third-order valence-corrected chi connectivity index (χ3v) is 4.09. The first-order chi connectivity index (χ1) is 9.15. The molecule has 0 N–H and O–H groups in total. The molecule has 0 bridgehead atoms. The molecule has 0 aliphatic heterocycles. The van der Waals surface area contributed by atoms with Crippen molar-refractivity contribution in [2.45, 2.75) is 6.54 Å². The molecule has 1 aromatic heterocycles. The van der Waals surface area contributed by atoms with Gasteiger partial charge in [-0.3, -0.25) is 4.79 Å².